The zero-order valence-corrected chi connectivity index (χ0v) is 11.4. The van der Waals surface area contributed by atoms with Gasteiger partial charge in [-0.15, -0.1) is 0 Å². The minimum Gasteiger partial charge on any atom is -0.493 e. The highest BCUT2D eigenvalue weighted by atomic mass is 16.5. The molecule has 0 unspecified atom stereocenters. The summed E-state index contributed by atoms with van der Waals surface area (Å²) in [6.45, 7) is 6.08. The Bertz CT molecular complexity index is 447. The van der Waals surface area contributed by atoms with E-state index in [-0.39, 0.29) is 5.78 Å². The average molecular weight is 248 g/mol. The Labute approximate surface area is 108 Å². The lowest BCUT2D eigenvalue weighted by Crippen LogP contribution is -1.98. The molecule has 0 heterocycles. The Morgan fingerprint density at radius 3 is 2.56 bits per heavy atom. The third-order valence-corrected chi connectivity index (χ3v) is 2.59. The van der Waals surface area contributed by atoms with Gasteiger partial charge in [0, 0.05) is 0 Å². The summed E-state index contributed by atoms with van der Waals surface area (Å²) in [4.78, 5) is 11.2. The average Bonchev–Trinajstić information content (AvgIpc) is 2.36. The first kappa shape index (κ1) is 14.3. The maximum absolute atomic E-state index is 11.2. The maximum atomic E-state index is 11.2. The SMILES string of the molecule is CCCOc1ccc(/C=C(/C)C(C)=O)cc1OC. The summed E-state index contributed by atoms with van der Waals surface area (Å²) in [6, 6.07) is 5.66. The standard InChI is InChI=1S/C15H20O3/c1-5-8-18-14-7-6-13(10-15(14)17-4)9-11(2)12(3)16/h6-7,9-10H,5,8H2,1-4H3/b11-9-. The molecule has 0 amide bonds. The van der Waals surface area contributed by atoms with Gasteiger partial charge in [-0.05, 0) is 49.6 Å². The minimum atomic E-state index is 0.0697. The molecule has 0 bridgehead atoms. The number of methoxy groups -OCH3 is 1. The van der Waals surface area contributed by atoms with Gasteiger partial charge in [0.05, 0.1) is 13.7 Å². The predicted molar refractivity (Wildman–Crippen MR) is 73.1 cm³/mol. The van der Waals surface area contributed by atoms with Gasteiger partial charge in [0.1, 0.15) is 0 Å². The molecule has 0 saturated heterocycles. The highest BCUT2D eigenvalue weighted by Gasteiger charge is 2.05. The molecule has 3 nitrogen and oxygen atoms in total. The van der Waals surface area contributed by atoms with Crippen molar-refractivity contribution in [3.05, 3.63) is 29.3 Å². The lowest BCUT2D eigenvalue weighted by atomic mass is 10.1. The van der Waals surface area contributed by atoms with Gasteiger partial charge in [0.15, 0.2) is 17.3 Å². The van der Waals surface area contributed by atoms with Crippen molar-refractivity contribution in [3.8, 4) is 11.5 Å². The molecule has 0 aliphatic carbocycles. The molecule has 0 atom stereocenters. The summed E-state index contributed by atoms with van der Waals surface area (Å²) in [5, 5.41) is 0. The van der Waals surface area contributed by atoms with Crippen LogP contribution in [0.25, 0.3) is 6.08 Å². The number of benzene rings is 1. The number of Topliss-reactive ketones (excluding diaryl/α,β-unsaturated/α-hetero) is 1. The van der Waals surface area contributed by atoms with E-state index in [4.69, 9.17) is 9.47 Å². The second-order valence-corrected chi connectivity index (χ2v) is 4.14. The maximum Gasteiger partial charge on any atom is 0.161 e. The molecule has 0 aliphatic heterocycles. The molecule has 1 rings (SSSR count). The Hall–Kier alpha value is -1.77. The monoisotopic (exact) mass is 248 g/mol. The number of carbonyl (C=O) groups excluding carboxylic acids is 1. The van der Waals surface area contributed by atoms with Crippen molar-refractivity contribution in [2.75, 3.05) is 13.7 Å². The van der Waals surface area contributed by atoms with Gasteiger partial charge in [-0.2, -0.15) is 0 Å². The molecule has 0 radical (unpaired) electrons. The van der Waals surface area contributed by atoms with Crippen LogP contribution < -0.4 is 9.47 Å². The van der Waals surface area contributed by atoms with E-state index in [0.29, 0.717) is 12.4 Å². The molecule has 1 aromatic rings. The van der Waals surface area contributed by atoms with Crippen molar-refractivity contribution in [2.24, 2.45) is 0 Å². The first-order valence-corrected chi connectivity index (χ1v) is 6.08. The fourth-order valence-corrected chi connectivity index (χ4v) is 1.46. The molecular weight excluding hydrogens is 228 g/mol. The summed E-state index contributed by atoms with van der Waals surface area (Å²) in [7, 11) is 1.61. The summed E-state index contributed by atoms with van der Waals surface area (Å²) in [5.41, 5.74) is 1.66. The molecule has 0 fully saturated rings. The molecule has 1 aromatic carbocycles. The molecule has 0 aliphatic rings. The van der Waals surface area contributed by atoms with Gasteiger partial charge in [-0.25, -0.2) is 0 Å². The summed E-state index contributed by atoms with van der Waals surface area (Å²) < 4.78 is 10.9. The van der Waals surface area contributed by atoms with E-state index in [0.717, 1.165) is 23.3 Å². The van der Waals surface area contributed by atoms with Crippen LogP contribution in [0.15, 0.2) is 23.8 Å². The normalized spacial score (nSPS) is 11.2. The number of carbonyl (C=O) groups is 1. The van der Waals surface area contributed by atoms with Gasteiger partial charge in [-0.1, -0.05) is 13.0 Å². The molecular formula is C15H20O3. The van der Waals surface area contributed by atoms with Crippen LogP contribution >= 0.6 is 0 Å². The Morgan fingerprint density at radius 1 is 1.28 bits per heavy atom. The van der Waals surface area contributed by atoms with Crippen LogP contribution in [0.2, 0.25) is 0 Å². The second kappa shape index (κ2) is 6.84. The van der Waals surface area contributed by atoms with E-state index in [1.807, 2.05) is 24.3 Å². The van der Waals surface area contributed by atoms with Crippen LogP contribution in [0.5, 0.6) is 11.5 Å². The van der Waals surface area contributed by atoms with Gasteiger partial charge in [0.2, 0.25) is 0 Å². The van der Waals surface area contributed by atoms with Crippen LogP contribution in [-0.4, -0.2) is 19.5 Å². The van der Waals surface area contributed by atoms with Crippen LogP contribution in [0, 0.1) is 0 Å². The quantitative estimate of drug-likeness (QED) is 0.723. The van der Waals surface area contributed by atoms with Crippen LogP contribution in [0.4, 0.5) is 0 Å². The number of hydrogen-bond donors (Lipinski definition) is 0. The fraction of sp³-hybridized carbons (Fsp3) is 0.400. The van der Waals surface area contributed by atoms with Gasteiger partial charge in [-0.3, -0.25) is 4.79 Å². The van der Waals surface area contributed by atoms with E-state index in [2.05, 4.69) is 6.92 Å². The van der Waals surface area contributed by atoms with Crippen molar-refractivity contribution < 1.29 is 14.3 Å². The number of allylic oxidation sites excluding steroid dienone is 1. The molecule has 0 spiro atoms. The van der Waals surface area contributed by atoms with Crippen LogP contribution in [0.1, 0.15) is 32.8 Å². The number of rotatable bonds is 6. The lowest BCUT2D eigenvalue weighted by Gasteiger charge is -2.10. The molecule has 3 heteroatoms. The smallest absolute Gasteiger partial charge is 0.161 e. The Kier molecular flexibility index (Phi) is 5.43. The molecule has 0 aromatic heterocycles. The van der Waals surface area contributed by atoms with E-state index in [1.54, 1.807) is 21.0 Å². The van der Waals surface area contributed by atoms with E-state index in [9.17, 15) is 4.79 Å². The summed E-state index contributed by atoms with van der Waals surface area (Å²) >= 11 is 0. The van der Waals surface area contributed by atoms with Gasteiger partial charge in [0.25, 0.3) is 0 Å². The molecule has 18 heavy (non-hydrogen) atoms. The van der Waals surface area contributed by atoms with Crippen LogP contribution in [0.3, 0.4) is 0 Å². The molecule has 0 saturated carbocycles. The summed E-state index contributed by atoms with van der Waals surface area (Å²) in [6.07, 6.45) is 2.79. The van der Waals surface area contributed by atoms with Gasteiger partial charge >= 0.3 is 0 Å². The first-order valence-electron chi connectivity index (χ1n) is 6.08. The minimum absolute atomic E-state index is 0.0697. The zero-order chi connectivity index (χ0) is 13.5. The van der Waals surface area contributed by atoms with Crippen molar-refractivity contribution >= 4 is 11.9 Å². The van der Waals surface area contributed by atoms with Crippen molar-refractivity contribution in [1.82, 2.24) is 0 Å². The predicted octanol–water partition coefficient (Wildman–Crippen LogP) is 3.48. The van der Waals surface area contributed by atoms with E-state index in [1.165, 1.54) is 0 Å². The Morgan fingerprint density at radius 2 is 2.00 bits per heavy atom. The van der Waals surface area contributed by atoms with Gasteiger partial charge < -0.3 is 9.47 Å². The fourth-order valence-electron chi connectivity index (χ4n) is 1.46. The number of ether oxygens (including phenoxy) is 2. The first-order chi connectivity index (χ1) is 8.58. The highest BCUT2D eigenvalue weighted by molar-refractivity contribution is 5.97. The Balaban J connectivity index is 2.98. The number of hydrogen-bond acceptors (Lipinski definition) is 3. The van der Waals surface area contributed by atoms with Crippen molar-refractivity contribution in [1.29, 1.82) is 0 Å². The van der Waals surface area contributed by atoms with E-state index >= 15 is 0 Å². The third kappa shape index (κ3) is 3.91. The van der Waals surface area contributed by atoms with E-state index < -0.39 is 0 Å². The molecule has 0 N–H and O–H groups in total. The zero-order valence-electron chi connectivity index (χ0n) is 11.4. The van der Waals surface area contributed by atoms with Crippen LogP contribution in [-0.2, 0) is 4.79 Å². The summed E-state index contributed by atoms with van der Waals surface area (Å²) in [5.74, 6) is 1.49. The van der Waals surface area contributed by atoms with Crippen molar-refractivity contribution in [2.45, 2.75) is 27.2 Å². The second-order valence-electron chi connectivity index (χ2n) is 4.14. The lowest BCUT2D eigenvalue weighted by molar-refractivity contribution is -0.113. The highest BCUT2D eigenvalue weighted by Crippen LogP contribution is 2.29. The number of ketones is 1. The molecule has 98 valence electrons. The topological polar surface area (TPSA) is 35.5 Å². The third-order valence-electron chi connectivity index (χ3n) is 2.59. The largest absolute Gasteiger partial charge is 0.493 e. The van der Waals surface area contributed by atoms with Crippen molar-refractivity contribution in [3.63, 3.8) is 0 Å².